The number of para-hydroxylation sites is 1. The van der Waals surface area contributed by atoms with E-state index in [0.717, 1.165) is 28.9 Å². The zero-order valence-electron chi connectivity index (χ0n) is 15.4. The molecule has 0 unspecified atom stereocenters. The highest BCUT2D eigenvalue weighted by Crippen LogP contribution is 2.31. The molecular formula is C22H18ClN5. The lowest BCUT2D eigenvalue weighted by atomic mass is 10.1. The van der Waals surface area contributed by atoms with Crippen molar-refractivity contribution in [1.82, 2.24) is 24.1 Å². The smallest absolute Gasteiger partial charge is 0.252 e. The monoisotopic (exact) mass is 387 g/mol. The molecule has 2 aromatic carbocycles. The van der Waals surface area contributed by atoms with E-state index in [-0.39, 0.29) is 0 Å². The van der Waals surface area contributed by atoms with E-state index in [0.29, 0.717) is 11.7 Å². The van der Waals surface area contributed by atoms with Crippen LogP contribution in [-0.2, 0) is 12.4 Å². The minimum Gasteiger partial charge on any atom is -0.342 e. The van der Waals surface area contributed by atoms with E-state index in [4.69, 9.17) is 11.6 Å². The van der Waals surface area contributed by atoms with E-state index in [1.165, 1.54) is 23.0 Å². The number of hydrogen-bond acceptors (Lipinski definition) is 3. The van der Waals surface area contributed by atoms with Crippen molar-refractivity contribution in [3.05, 3.63) is 83.9 Å². The third-order valence-electron chi connectivity index (χ3n) is 4.98. The summed E-state index contributed by atoms with van der Waals surface area (Å²) < 4.78 is 4.05. The predicted octanol–water partition coefficient (Wildman–Crippen LogP) is 4.84. The topological polar surface area (TPSA) is 48.0 Å². The molecule has 0 aliphatic rings. The zero-order chi connectivity index (χ0) is 19.1. The van der Waals surface area contributed by atoms with Crippen LogP contribution >= 0.6 is 11.6 Å². The Kier molecular flexibility index (Phi) is 4.10. The quantitative estimate of drug-likeness (QED) is 0.414. The van der Waals surface area contributed by atoms with Crippen molar-refractivity contribution in [3.8, 4) is 11.3 Å². The fourth-order valence-electron chi connectivity index (χ4n) is 3.59. The molecule has 3 heterocycles. The molecule has 0 amide bonds. The maximum Gasteiger partial charge on any atom is 0.252 e. The van der Waals surface area contributed by atoms with Crippen molar-refractivity contribution >= 4 is 28.3 Å². The standard InChI is InChI=1S/C22H18ClN5/c1-15-6-8-16(9-7-15)12-27-13-19(18-4-2-3-5-20(18)27)21-10-17(11-23)26-22-24-14-25-28(21)22/h2-10,13-14H,11-12H2,1H3. The molecule has 0 aliphatic heterocycles. The van der Waals surface area contributed by atoms with Crippen LogP contribution in [0.25, 0.3) is 27.9 Å². The number of aromatic nitrogens is 5. The van der Waals surface area contributed by atoms with Gasteiger partial charge in [-0.15, -0.1) is 11.6 Å². The molecule has 0 radical (unpaired) electrons. The summed E-state index contributed by atoms with van der Waals surface area (Å²) in [6.45, 7) is 2.91. The van der Waals surface area contributed by atoms with Gasteiger partial charge in [-0.05, 0) is 24.6 Å². The summed E-state index contributed by atoms with van der Waals surface area (Å²) in [7, 11) is 0. The molecule has 0 N–H and O–H groups in total. The van der Waals surface area contributed by atoms with Gasteiger partial charge in [0.15, 0.2) is 0 Å². The van der Waals surface area contributed by atoms with Gasteiger partial charge in [-0.1, -0.05) is 48.0 Å². The Bertz CT molecular complexity index is 1280. The van der Waals surface area contributed by atoms with E-state index < -0.39 is 0 Å². The molecular weight excluding hydrogens is 370 g/mol. The van der Waals surface area contributed by atoms with Crippen molar-refractivity contribution in [1.29, 1.82) is 0 Å². The largest absolute Gasteiger partial charge is 0.342 e. The van der Waals surface area contributed by atoms with Crippen molar-refractivity contribution in [3.63, 3.8) is 0 Å². The highest BCUT2D eigenvalue weighted by Gasteiger charge is 2.15. The van der Waals surface area contributed by atoms with Crippen LogP contribution in [0.4, 0.5) is 0 Å². The lowest BCUT2D eigenvalue weighted by Crippen LogP contribution is -2.00. The molecule has 5 nitrogen and oxygen atoms in total. The highest BCUT2D eigenvalue weighted by molar-refractivity contribution is 6.17. The van der Waals surface area contributed by atoms with E-state index in [1.807, 2.05) is 6.07 Å². The predicted molar refractivity (Wildman–Crippen MR) is 112 cm³/mol. The summed E-state index contributed by atoms with van der Waals surface area (Å²) in [5.41, 5.74) is 6.52. The number of hydrogen-bond donors (Lipinski definition) is 0. The molecule has 0 fully saturated rings. The summed E-state index contributed by atoms with van der Waals surface area (Å²) in [6, 6.07) is 19.1. The first-order valence-corrected chi connectivity index (χ1v) is 9.66. The van der Waals surface area contributed by atoms with Crippen LogP contribution in [0.15, 0.2) is 67.1 Å². The first-order chi connectivity index (χ1) is 13.7. The lowest BCUT2D eigenvalue weighted by molar-refractivity contribution is 0.835. The maximum atomic E-state index is 6.07. The van der Waals surface area contributed by atoms with Crippen molar-refractivity contribution < 1.29 is 0 Å². The third kappa shape index (κ3) is 2.84. The Hall–Kier alpha value is -3.18. The molecule has 0 atom stereocenters. The molecule has 0 saturated carbocycles. The summed E-state index contributed by atoms with van der Waals surface area (Å²) >= 11 is 6.07. The van der Waals surface area contributed by atoms with Gasteiger partial charge in [0, 0.05) is 29.2 Å². The number of aryl methyl sites for hydroxylation is 1. The summed E-state index contributed by atoms with van der Waals surface area (Å²) in [4.78, 5) is 8.70. The number of halogens is 1. The van der Waals surface area contributed by atoms with Gasteiger partial charge in [-0.2, -0.15) is 14.6 Å². The second kappa shape index (κ2) is 6.77. The van der Waals surface area contributed by atoms with E-state index >= 15 is 0 Å². The average Bonchev–Trinajstić information content (AvgIpc) is 3.34. The van der Waals surface area contributed by atoms with Gasteiger partial charge in [0.05, 0.1) is 17.3 Å². The van der Waals surface area contributed by atoms with Crippen LogP contribution in [0.3, 0.4) is 0 Å². The molecule has 3 aromatic heterocycles. The Morgan fingerprint density at radius 1 is 1.04 bits per heavy atom. The molecule has 0 spiro atoms. The number of fused-ring (bicyclic) bond motifs is 2. The Labute approximate surface area is 167 Å². The lowest BCUT2D eigenvalue weighted by Gasteiger charge is -2.06. The number of rotatable bonds is 4. The molecule has 5 aromatic rings. The number of alkyl halides is 1. The van der Waals surface area contributed by atoms with Crippen LogP contribution in [-0.4, -0.2) is 24.1 Å². The van der Waals surface area contributed by atoms with Crippen LogP contribution in [0.1, 0.15) is 16.8 Å². The molecule has 5 rings (SSSR count). The second-order valence-electron chi connectivity index (χ2n) is 6.91. The van der Waals surface area contributed by atoms with Crippen molar-refractivity contribution in [2.45, 2.75) is 19.3 Å². The third-order valence-corrected chi connectivity index (χ3v) is 5.25. The van der Waals surface area contributed by atoms with Crippen molar-refractivity contribution in [2.75, 3.05) is 0 Å². The first-order valence-electron chi connectivity index (χ1n) is 9.12. The van der Waals surface area contributed by atoms with Crippen molar-refractivity contribution in [2.24, 2.45) is 0 Å². The molecule has 0 aliphatic carbocycles. The Morgan fingerprint density at radius 2 is 1.86 bits per heavy atom. The Balaban J connectivity index is 1.71. The zero-order valence-corrected chi connectivity index (χ0v) is 16.1. The average molecular weight is 388 g/mol. The molecule has 0 bridgehead atoms. The van der Waals surface area contributed by atoms with Crippen LogP contribution in [0.2, 0.25) is 0 Å². The first kappa shape index (κ1) is 17.0. The molecule has 138 valence electrons. The maximum absolute atomic E-state index is 6.07. The summed E-state index contributed by atoms with van der Waals surface area (Å²) in [6.07, 6.45) is 3.70. The summed E-state index contributed by atoms with van der Waals surface area (Å²) in [5.74, 6) is 0.891. The second-order valence-corrected chi connectivity index (χ2v) is 7.18. The fourth-order valence-corrected chi connectivity index (χ4v) is 3.73. The van der Waals surface area contributed by atoms with Gasteiger partial charge in [0.1, 0.15) is 6.33 Å². The normalized spacial score (nSPS) is 11.5. The van der Waals surface area contributed by atoms with Crippen LogP contribution in [0, 0.1) is 6.92 Å². The van der Waals surface area contributed by atoms with Gasteiger partial charge in [-0.3, -0.25) is 0 Å². The number of benzene rings is 2. The molecule has 0 saturated heterocycles. The van der Waals surface area contributed by atoms with E-state index in [1.54, 1.807) is 4.52 Å². The van der Waals surface area contributed by atoms with Gasteiger partial charge in [0.25, 0.3) is 5.78 Å². The van der Waals surface area contributed by atoms with Gasteiger partial charge >= 0.3 is 0 Å². The molecule has 28 heavy (non-hydrogen) atoms. The van der Waals surface area contributed by atoms with E-state index in [9.17, 15) is 0 Å². The molecule has 6 heteroatoms. The van der Waals surface area contributed by atoms with E-state index in [2.05, 4.69) is 81.3 Å². The van der Waals surface area contributed by atoms with Gasteiger partial charge in [0.2, 0.25) is 0 Å². The van der Waals surface area contributed by atoms with Gasteiger partial charge < -0.3 is 4.57 Å². The number of nitrogens with zero attached hydrogens (tertiary/aromatic N) is 5. The van der Waals surface area contributed by atoms with Gasteiger partial charge in [-0.25, -0.2) is 4.98 Å². The Morgan fingerprint density at radius 3 is 2.68 bits per heavy atom. The fraction of sp³-hybridized carbons (Fsp3) is 0.136. The SMILES string of the molecule is Cc1ccc(Cn2cc(-c3cc(CCl)nc4ncnn34)c3ccccc32)cc1. The van der Waals surface area contributed by atoms with Crippen LogP contribution < -0.4 is 0 Å². The summed E-state index contributed by atoms with van der Waals surface area (Å²) in [5, 5.41) is 5.54. The minimum atomic E-state index is 0.332. The highest BCUT2D eigenvalue weighted by atomic mass is 35.5. The minimum absolute atomic E-state index is 0.332. The van der Waals surface area contributed by atoms with Crippen LogP contribution in [0.5, 0.6) is 0 Å².